The quantitative estimate of drug-likeness (QED) is 0.885. The van der Waals surface area contributed by atoms with Crippen LogP contribution in [0.25, 0.3) is 5.52 Å². The molecular formula is C17H22N2O3. The van der Waals surface area contributed by atoms with Crippen molar-refractivity contribution in [2.24, 2.45) is 5.92 Å². The highest BCUT2D eigenvalue weighted by Crippen LogP contribution is 2.39. The lowest BCUT2D eigenvalue weighted by atomic mass is 9.79. The number of aliphatic hydroxyl groups is 1. The minimum atomic E-state index is -1.01. The lowest BCUT2D eigenvalue weighted by molar-refractivity contribution is -0.0613. The van der Waals surface area contributed by atoms with E-state index in [1.165, 1.54) is 0 Å². The van der Waals surface area contributed by atoms with E-state index in [1.54, 1.807) is 19.3 Å². The maximum Gasteiger partial charge on any atom is 0.162 e. The number of ether oxygens (including phenoxy) is 1. The van der Waals surface area contributed by atoms with Crippen molar-refractivity contribution < 1.29 is 14.6 Å². The van der Waals surface area contributed by atoms with E-state index in [0.717, 1.165) is 29.6 Å². The standard InChI is InChI=1S/C17H22N2O3/c1-11-15(12(2)20)14-10-18-6-7-19(14)16(11)17(3,21)13-4-8-22-9-5-13/h6-7,10,13,21H,4-5,8-9H2,1-3H3. The van der Waals surface area contributed by atoms with Crippen LogP contribution in [0, 0.1) is 12.8 Å². The van der Waals surface area contributed by atoms with Crippen molar-refractivity contribution in [3.63, 3.8) is 0 Å². The predicted octanol–water partition coefficient (Wildman–Crippen LogP) is 2.48. The van der Waals surface area contributed by atoms with Crippen molar-refractivity contribution in [2.45, 2.75) is 39.2 Å². The summed E-state index contributed by atoms with van der Waals surface area (Å²) >= 11 is 0. The third-order valence-corrected chi connectivity index (χ3v) is 4.83. The van der Waals surface area contributed by atoms with Crippen LogP contribution in [-0.4, -0.2) is 33.5 Å². The van der Waals surface area contributed by atoms with E-state index in [0.29, 0.717) is 18.8 Å². The molecule has 0 amide bonds. The molecule has 1 saturated heterocycles. The van der Waals surface area contributed by atoms with Crippen LogP contribution < -0.4 is 0 Å². The molecule has 0 saturated carbocycles. The lowest BCUT2D eigenvalue weighted by Crippen LogP contribution is -2.37. The Kier molecular flexibility index (Phi) is 3.78. The van der Waals surface area contributed by atoms with Gasteiger partial charge in [-0.1, -0.05) is 0 Å². The number of hydrogen-bond donors (Lipinski definition) is 1. The highest BCUT2D eigenvalue weighted by atomic mass is 16.5. The Bertz CT molecular complexity index is 712. The Balaban J connectivity index is 2.21. The van der Waals surface area contributed by atoms with Gasteiger partial charge in [0, 0.05) is 31.2 Å². The molecule has 1 unspecified atom stereocenters. The fourth-order valence-electron chi connectivity index (χ4n) is 3.75. The zero-order valence-corrected chi connectivity index (χ0v) is 13.3. The SMILES string of the molecule is CC(=O)c1c(C)c(C(C)(O)C2CCOCC2)n2ccncc12. The third-order valence-electron chi connectivity index (χ3n) is 4.83. The van der Waals surface area contributed by atoms with Crippen LogP contribution in [0.4, 0.5) is 0 Å². The summed E-state index contributed by atoms with van der Waals surface area (Å²) in [6.07, 6.45) is 6.82. The molecule has 118 valence electrons. The zero-order valence-electron chi connectivity index (χ0n) is 13.3. The van der Waals surface area contributed by atoms with E-state index >= 15 is 0 Å². The molecule has 1 aliphatic rings. The van der Waals surface area contributed by atoms with Crippen LogP contribution in [0.3, 0.4) is 0 Å². The molecule has 1 N–H and O–H groups in total. The summed E-state index contributed by atoms with van der Waals surface area (Å²) in [5.74, 6) is 0.114. The summed E-state index contributed by atoms with van der Waals surface area (Å²) in [7, 11) is 0. The number of hydrogen-bond acceptors (Lipinski definition) is 4. The molecule has 0 aromatic carbocycles. The van der Waals surface area contributed by atoms with Crippen LogP contribution in [0.5, 0.6) is 0 Å². The second-order valence-corrected chi connectivity index (χ2v) is 6.27. The topological polar surface area (TPSA) is 63.8 Å². The predicted molar refractivity (Wildman–Crippen MR) is 83.0 cm³/mol. The third kappa shape index (κ3) is 2.25. The minimum absolute atomic E-state index is 0.00275. The fourth-order valence-corrected chi connectivity index (χ4v) is 3.75. The Morgan fingerprint density at radius 3 is 2.77 bits per heavy atom. The van der Waals surface area contributed by atoms with Crippen LogP contribution in [0.1, 0.15) is 48.3 Å². The number of ketones is 1. The molecule has 5 nitrogen and oxygen atoms in total. The molecule has 5 heteroatoms. The van der Waals surface area contributed by atoms with Crippen LogP contribution in [-0.2, 0) is 10.3 Å². The van der Waals surface area contributed by atoms with Gasteiger partial charge in [-0.15, -0.1) is 0 Å². The summed E-state index contributed by atoms with van der Waals surface area (Å²) in [5.41, 5.74) is 2.04. The first-order valence-electron chi connectivity index (χ1n) is 7.70. The summed E-state index contributed by atoms with van der Waals surface area (Å²) in [5, 5.41) is 11.3. The first-order chi connectivity index (χ1) is 10.4. The van der Waals surface area contributed by atoms with Gasteiger partial charge in [0.1, 0.15) is 5.60 Å². The number of aromatic nitrogens is 2. The van der Waals surface area contributed by atoms with Crippen molar-refractivity contribution in [3.8, 4) is 0 Å². The molecule has 22 heavy (non-hydrogen) atoms. The Labute approximate surface area is 129 Å². The molecule has 0 spiro atoms. The molecule has 1 aliphatic heterocycles. The molecule has 3 rings (SSSR count). The molecule has 3 heterocycles. The molecule has 2 aromatic rings. The molecule has 2 aromatic heterocycles. The molecule has 1 fully saturated rings. The van der Waals surface area contributed by atoms with Gasteiger partial charge < -0.3 is 14.2 Å². The van der Waals surface area contributed by atoms with Gasteiger partial charge >= 0.3 is 0 Å². The molecule has 0 bridgehead atoms. The smallest absolute Gasteiger partial charge is 0.162 e. The zero-order chi connectivity index (χ0) is 15.9. The number of carbonyl (C=O) groups excluding carboxylic acids is 1. The number of nitrogens with zero attached hydrogens (tertiary/aromatic N) is 2. The average Bonchev–Trinajstić information content (AvgIpc) is 2.80. The van der Waals surface area contributed by atoms with Crippen molar-refractivity contribution in [2.75, 3.05) is 13.2 Å². The summed E-state index contributed by atoms with van der Waals surface area (Å²) in [6.45, 7) is 6.66. The molecule has 1 atom stereocenters. The first-order valence-corrected chi connectivity index (χ1v) is 7.70. The van der Waals surface area contributed by atoms with Gasteiger partial charge in [0.15, 0.2) is 5.78 Å². The van der Waals surface area contributed by atoms with Crippen LogP contribution in [0.15, 0.2) is 18.6 Å². The Hall–Kier alpha value is -1.72. The molecule has 0 aliphatic carbocycles. The highest BCUT2D eigenvalue weighted by Gasteiger charge is 2.39. The van der Waals surface area contributed by atoms with Gasteiger partial charge in [-0.2, -0.15) is 0 Å². The second-order valence-electron chi connectivity index (χ2n) is 6.27. The van der Waals surface area contributed by atoms with E-state index in [2.05, 4.69) is 4.98 Å². The van der Waals surface area contributed by atoms with Crippen LogP contribution in [0.2, 0.25) is 0 Å². The summed E-state index contributed by atoms with van der Waals surface area (Å²) < 4.78 is 7.32. The number of Topliss-reactive ketones (excluding diaryl/α,β-unsaturated/α-hetero) is 1. The molecule has 0 radical (unpaired) electrons. The van der Waals surface area contributed by atoms with Gasteiger partial charge in [-0.05, 0) is 45.1 Å². The van der Waals surface area contributed by atoms with E-state index in [9.17, 15) is 9.90 Å². The van der Waals surface area contributed by atoms with Crippen molar-refractivity contribution in [1.82, 2.24) is 9.38 Å². The average molecular weight is 302 g/mol. The van der Waals surface area contributed by atoms with Crippen LogP contribution >= 0.6 is 0 Å². The summed E-state index contributed by atoms with van der Waals surface area (Å²) in [4.78, 5) is 16.2. The lowest BCUT2D eigenvalue weighted by Gasteiger charge is -2.36. The van der Waals surface area contributed by atoms with Gasteiger partial charge in [0.25, 0.3) is 0 Å². The maximum atomic E-state index is 12.1. The number of fused-ring (bicyclic) bond motifs is 1. The van der Waals surface area contributed by atoms with E-state index < -0.39 is 5.60 Å². The van der Waals surface area contributed by atoms with Gasteiger partial charge in [-0.25, -0.2) is 0 Å². The van der Waals surface area contributed by atoms with Gasteiger partial charge in [-0.3, -0.25) is 9.78 Å². The minimum Gasteiger partial charge on any atom is -0.384 e. The van der Waals surface area contributed by atoms with E-state index in [4.69, 9.17) is 4.74 Å². The second kappa shape index (κ2) is 5.48. The Morgan fingerprint density at radius 1 is 1.45 bits per heavy atom. The van der Waals surface area contributed by atoms with Crippen molar-refractivity contribution >= 4 is 11.3 Å². The van der Waals surface area contributed by atoms with Crippen molar-refractivity contribution in [1.29, 1.82) is 0 Å². The molecular weight excluding hydrogens is 280 g/mol. The highest BCUT2D eigenvalue weighted by molar-refractivity contribution is 6.03. The number of carbonyl (C=O) groups is 1. The maximum absolute atomic E-state index is 12.1. The van der Waals surface area contributed by atoms with E-state index in [-0.39, 0.29) is 11.7 Å². The van der Waals surface area contributed by atoms with Gasteiger partial charge in [0.05, 0.1) is 17.4 Å². The van der Waals surface area contributed by atoms with E-state index in [1.807, 2.05) is 24.4 Å². The Morgan fingerprint density at radius 2 is 2.14 bits per heavy atom. The normalized spacial score (nSPS) is 19.3. The van der Waals surface area contributed by atoms with Gasteiger partial charge in [0.2, 0.25) is 0 Å². The summed E-state index contributed by atoms with van der Waals surface area (Å²) in [6, 6.07) is 0. The monoisotopic (exact) mass is 302 g/mol. The van der Waals surface area contributed by atoms with Crippen molar-refractivity contribution in [3.05, 3.63) is 35.4 Å². The number of rotatable bonds is 3. The largest absolute Gasteiger partial charge is 0.384 e. The first kappa shape index (κ1) is 15.2. The fraction of sp³-hybridized carbons (Fsp3) is 0.529.